The molecule has 0 unspecified atom stereocenters. The quantitative estimate of drug-likeness (QED) is 0.214. The van der Waals surface area contributed by atoms with E-state index in [0.717, 1.165) is 30.0 Å². The van der Waals surface area contributed by atoms with Gasteiger partial charge in [0.25, 0.3) is 5.91 Å². The predicted molar refractivity (Wildman–Crippen MR) is 156 cm³/mol. The van der Waals surface area contributed by atoms with Crippen LogP contribution >= 0.6 is 0 Å². The lowest BCUT2D eigenvalue weighted by atomic mass is 10.1. The number of amides is 3. The maximum atomic E-state index is 12.5. The number of rotatable bonds is 10. The lowest BCUT2D eigenvalue weighted by Gasteiger charge is -2.27. The number of aromatic nitrogens is 5. The molecule has 0 bridgehead atoms. The molecule has 0 radical (unpaired) electrons. The summed E-state index contributed by atoms with van der Waals surface area (Å²) in [6.45, 7) is 6.92. The SMILES string of the molecule is CCn1nnc2c(N3CCOCC3)nc(-c3ccc(NC(=O)NCc4ccc(C(=O)NCCNC)cc4)cc3)nc21. The summed E-state index contributed by atoms with van der Waals surface area (Å²) in [5, 5.41) is 20.1. The molecule has 2 aromatic carbocycles. The van der Waals surface area contributed by atoms with Crippen molar-refractivity contribution in [1.29, 1.82) is 0 Å². The summed E-state index contributed by atoms with van der Waals surface area (Å²) >= 11 is 0. The third kappa shape index (κ3) is 6.76. The topological polar surface area (TPSA) is 151 Å². The smallest absolute Gasteiger partial charge is 0.319 e. The first-order valence-corrected chi connectivity index (χ1v) is 13.7. The van der Waals surface area contributed by atoms with Crippen LogP contribution in [0.4, 0.5) is 16.3 Å². The van der Waals surface area contributed by atoms with Crippen molar-refractivity contribution in [1.82, 2.24) is 40.9 Å². The van der Waals surface area contributed by atoms with E-state index < -0.39 is 0 Å². The average Bonchev–Trinajstić information content (AvgIpc) is 3.44. The third-order valence-electron chi connectivity index (χ3n) is 6.69. The predicted octanol–water partition coefficient (Wildman–Crippen LogP) is 2.02. The zero-order valence-electron chi connectivity index (χ0n) is 23.2. The minimum absolute atomic E-state index is 0.128. The highest BCUT2D eigenvalue weighted by molar-refractivity contribution is 5.94. The number of benzene rings is 2. The van der Waals surface area contributed by atoms with Crippen LogP contribution < -0.4 is 26.2 Å². The van der Waals surface area contributed by atoms with E-state index in [0.29, 0.717) is 67.6 Å². The second-order valence-corrected chi connectivity index (χ2v) is 9.49. The maximum absolute atomic E-state index is 12.5. The number of likely N-dealkylation sites (N-methyl/N-ethyl adjacent to an activating group) is 1. The fourth-order valence-electron chi connectivity index (χ4n) is 4.42. The zero-order chi connectivity index (χ0) is 28.6. The molecule has 2 aromatic heterocycles. The molecule has 1 aliphatic rings. The number of carbonyl (C=O) groups is 2. The zero-order valence-corrected chi connectivity index (χ0v) is 23.2. The maximum Gasteiger partial charge on any atom is 0.319 e. The van der Waals surface area contributed by atoms with Crippen molar-refractivity contribution in [2.24, 2.45) is 0 Å². The number of morpholine rings is 1. The molecule has 0 aliphatic carbocycles. The normalized spacial score (nSPS) is 13.3. The first-order chi connectivity index (χ1) is 20.1. The van der Waals surface area contributed by atoms with Crippen LogP contribution in [0.3, 0.4) is 0 Å². The van der Waals surface area contributed by atoms with E-state index in [4.69, 9.17) is 14.7 Å². The highest BCUT2D eigenvalue weighted by Gasteiger charge is 2.21. The minimum Gasteiger partial charge on any atom is -0.378 e. The van der Waals surface area contributed by atoms with Crippen molar-refractivity contribution >= 4 is 34.6 Å². The van der Waals surface area contributed by atoms with Crippen LogP contribution in [0.25, 0.3) is 22.6 Å². The lowest BCUT2D eigenvalue weighted by molar-refractivity contribution is 0.0954. The summed E-state index contributed by atoms with van der Waals surface area (Å²) in [5.74, 6) is 1.18. The highest BCUT2D eigenvalue weighted by Crippen LogP contribution is 2.27. The Hall–Kier alpha value is -4.62. The monoisotopic (exact) mass is 558 g/mol. The molecule has 13 nitrogen and oxygen atoms in total. The van der Waals surface area contributed by atoms with E-state index in [-0.39, 0.29) is 11.9 Å². The van der Waals surface area contributed by atoms with Crippen molar-refractivity contribution in [3.63, 3.8) is 0 Å². The van der Waals surface area contributed by atoms with Crippen LogP contribution in [0.5, 0.6) is 0 Å². The van der Waals surface area contributed by atoms with E-state index in [9.17, 15) is 9.59 Å². The van der Waals surface area contributed by atoms with E-state index in [1.54, 1.807) is 16.8 Å². The molecule has 1 fully saturated rings. The number of ether oxygens (including phenoxy) is 1. The number of urea groups is 1. The largest absolute Gasteiger partial charge is 0.378 e. The van der Waals surface area contributed by atoms with E-state index in [1.165, 1.54) is 0 Å². The molecule has 3 amide bonds. The third-order valence-corrected chi connectivity index (χ3v) is 6.69. The number of hydrogen-bond donors (Lipinski definition) is 4. The van der Waals surface area contributed by atoms with Gasteiger partial charge in [0, 0.05) is 56.1 Å². The van der Waals surface area contributed by atoms with Crippen molar-refractivity contribution in [3.8, 4) is 11.4 Å². The fraction of sp³-hybridized carbons (Fsp3) is 0.357. The molecule has 1 saturated heterocycles. The number of hydrogen-bond acceptors (Lipinski definition) is 9. The van der Waals surface area contributed by atoms with Crippen molar-refractivity contribution < 1.29 is 14.3 Å². The number of anilines is 2. The summed E-state index contributed by atoms with van der Waals surface area (Å²) in [5.41, 5.74) is 4.26. The van der Waals surface area contributed by atoms with Crippen LogP contribution in [0.1, 0.15) is 22.8 Å². The molecule has 0 spiro atoms. The average molecular weight is 559 g/mol. The highest BCUT2D eigenvalue weighted by atomic mass is 16.5. The number of fused-ring (bicyclic) bond motifs is 1. The van der Waals surface area contributed by atoms with Crippen molar-refractivity contribution in [2.45, 2.75) is 20.0 Å². The summed E-state index contributed by atoms with van der Waals surface area (Å²) in [6, 6.07) is 14.2. The first kappa shape index (κ1) is 27.9. The van der Waals surface area contributed by atoms with Gasteiger partial charge in [0.2, 0.25) is 0 Å². The second kappa shape index (κ2) is 13.2. The van der Waals surface area contributed by atoms with E-state index in [1.807, 2.05) is 50.4 Å². The molecule has 41 heavy (non-hydrogen) atoms. The van der Waals surface area contributed by atoms with Gasteiger partial charge in [0.15, 0.2) is 22.8 Å². The first-order valence-electron chi connectivity index (χ1n) is 13.7. The number of nitrogens with one attached hydrogen (secondary N) is 4. The molecule has 4 N–H and O–H groups in total. The molecule has 3 heterocycles. The van der Waals surface area contributed by atoms with Crippen LogP contribution in [0.2, 0.25) is 0 Å². The standard InChI is InChI=1S/C28H34N10O3/c1-3-38-26-23(35-36-38)25(37-14-16-41-17-15-37)33-24(34-26)20-8-10-22(11-9-20)32-28(40)31-18-19-4-6-21(7-5-19)27(39)30-13-12-29-2/h4-11,29H,3,12-18H2,1-2H3,(H,30,39)(H2,31,32,40). The van der Waals surface area contributed by atoms with Crippen LogP contribution in [0, 0.1) is 0 Å². The minimum atomic E-state index is -0.336. The van der Waals surface area contributed by atoms with E-state index in [2.05, 4.69) is 36.5 Å². The van der Waals surface area contributed by atoms with Crippen LogP contribution in [-0.4, -0.2) is 83.3 Å². The summed E-state index contributed by atoms with van der Waals surface area (Å²) in [6.07, 6.45) is 0. The van der Waals surface area contributed by atoms with Gasteiger partial charge in [-0.2, -0.15) is 0 Å². The molecule has 5 rings (SSSR count). The Labute approximate surface area is 237 Å². The van der Waals surface area contributed by atoms with Gasteiger partial charge in [-0.3, -0.25) is 4.79 Å². The van der Waals surface area contributed by atoms with Gasteiger partial charge in [0.1, 0.15) is 0 Å². The number of nitrogens with zero attached hydrogens (tertiary/aromatic N) is 6. The van der Waals surface area contributed by atoms with Crippen molar-refractivity contribution in [2.75, 3.05) is 56.7 Å². The van der Waals surface area contributed by atoms with E-state index >= 15 is 0 Å². The van der Waals surface area contributed by atoms with Crippen LogP contribution in [-0.2, 0) is 17.8 Å². The summed E-state index contributed by atoms with van der Waals surface area (Å²) in [4.78, 5) is 36.4. The van der Waals surface area contributed by atoms with Crippen LogP contribution in [0.15, 0.2) is 48.5 Å². The molecular formula is C28H34N10O3. The Morgan fingerprint density at radius 1 is 0.951 bits per heavy atom. The van der Waals surface area contributed by atoms with Gasteiger partial charge < -0.3 is 30.9 Å². The summed E-state index contributed by atoms with van der Waals surface area (Å²) < 4.78 is 7.27. The molecule has 214 valence electrons. The van der Waals surface area contributed by atoms with Gasteiger partial charge in [-0.25, -0.2) is 19.4 Å². The van der Waals surface area contributed by atoms with Gasteiger partial charge in [-0.05, 0) is 55.9 Å². The molecular weight excluding hydrogens is 524 g/mol. The fourth-order valence-corrected chi connectivity index (χ4v) is 4.42. The number of aryl methyl sites for hydroxylation is 1. The second-order valence-electron chi connectivity index (χ2n) is 9.49. The van der Waals surface area contributed by atoms with Gasteiger partial charge in [-0.15, -0.1) is 5.10 Å². The molecule has 13 heteroatoms. The Morgan fingerprint density at radius 2 is 1.71 bits per heavy atom. The van der Waals surface area contributed by atoms with Crippen molar-refractivity contribution in [3.05, 3.63) is 59.7 Å². The van der Waals surface area contributed by atoms with Gasteiger partial charge in [-0.1, -0.05) is 17.3 Å². The molecule has 4 aromatic rings. The lowest BCUT2D eigenvalue weighted by Crippen LogP contribution is -2.37. The van der Waals surface area contributed by atoms with Gasteiger partial charge >= 0.3 is 6.03 Å². The molecule has 1 aliphatic heterocycles. The Morgan fingerprint density at radius 3 is 2.41 bits per heavy atom. The Kier molecular flexibility index (Phi) is 8.96. The Bertz CT molecular complexity index is 1480. The Balaban J connectivity index is 1.21. The molecule has 0 atom stereocenters. The summed E-state index contributed by atoms with van der Waals surface area (Å²) in [7, 11) is 1.83. The molecule has 0 saturated carbocycles. The van der Waals surface area contributed by atoms with Gasteiger partial charge in [0.05, 0.1) is 13.2 Å². The number of carbonyl (C=O) groups excluding carboxylic acids is 2.